The molecule has 18 atom stereocenters. The zero-order chi connectivity index (χ0) is 44.6. The maximum atomic E-state index is 14.4. The van der Waals surface area contributed by atoms with Gasteiger partial charge in [0.2, 0.25) is 6.79 Å². The van der Waals surface area contributed by atoms with Crippen molar-refractivity contribution in [2.75, 3.05) is 55.4 Å². The van der Waals surface area contributed by atoms with Gasteiger partial charge in [-0.2, -0.15) is 0 Å². The maximum absolute atomic E-state index is 14.4. The molecule has 0 saturated carbocycles. The smallest absolute Gasteiger partial charge is 0.311 e. The van der Waals surface area contributed by atoms with Gasteiger partial charge in [0, 0.05) is 51.5 Å². The number of esters is 1. The predicted octanol–water partition coefficient (Wildman–Crippen LogP) is 2.86. The number of aliphatic hydroxyl groups is 4. The molecule has 4 N–H and O–H groups in total. The number of hydrogen-bond donors (Lipinski definition) is 4. The Kier molecular flexibility index (Phi) is 19.4. The highest BCUT2D eigenvalue weighted by Gasteiger charge is 2.53. The summed E-state index contributed by atoms with van der Waals surface area (Å²) < 4.78 is 54.3. The Morgan fingerprint density at radius 2 is 1.47 bits per heavy atom. The number of likely N-dealkylation sites (N-methyl/N-ethyl adjacent to an activating group) is 1. The first kappa shape index (κ1) is 51.8. The lowest BCUT2D eigenvalue weighted by atomic mass is 9.73. The second-order valence-electron chi connectivity index (χ2n) is 18.0. The predicted molar refractivity (Wildman–Crippen MR) is 217 cm³/mol. The van der Waals surface area contributed by atoms with E-state index in [0.29, 0.717) is 18.7 Å². The van der Waals surface area contributed by atoms with Gasteiger partial charge >= 0.3 is 5.97 Å². The summed E-state index contributed by atoms with van der Waals surface area (Å²) in [5, 5.41) is 52.8. The zero-order valence-electron chi connectivity index (χ0n) is 38.3. The van der Waals surface area contributed by atoms with Crippen molar-refractivity contribution in [2.45, 2.75) is 179 Å². The van der Waals surface area contributed by atoms with E-state index < -0.39 is 102 Å². The number of oxime groups is 1. The third-order valence-corrected chi connectivity index (χ3v) is 12.6. The highest BCUT2D eigenvalue weighted by molar-refractivity contribution is 5.88. The summed E-state index contributed by atoms with van der Waals surface area (Å²) in [5.41, 5.74) is -4.39. The molecule has 17 nitrogen and oxygen atoms in total. The number of carbonyl (C=O) groups is 1. The number of hydrogen-bond acceptors (Lipinski definition) is 17. The second kappa shape index (κ2) is 22.2. The molecule has 59 heavy (non-hydrogen) atoms. The minimum absolute atomic E-state index is 0.000967. The first-order valence-electron chi connectivity index (χ1n) is 21.1. The average molecular weight is 851 g/mol. The van der Waals surface area contributed by atoms with Gasteiger partial charge in [-0.25, -0.2) is 0 Å². The van der Waals surface area contributed by atoms with Gasteiger partial charge in [0.25, 0.3) is 0 Å². The van der Waals surface area contributed by atoms with Crippen molar-refractivity contribution in [1.29, 1.82) is 0 Å². The summed E-state index contributed by atoms with van der Waals surface area (Å²) in [6.07, 6.45) is -8.26. The van der Waals surface area contributed by atoms with E-state index >= 15 is 0 Å². The number of carbonyl (C=O) groups excluding carboxylic acids is 1. The van der Waals surface area contributed by atoms with E-state index in [0.717, 1.165) is 0 Å². The van der Waals surface area contributed by atoms with Gasteiger partial charge in [0.05, 0.1) is 66.6 Å². The quantitative estimate of drug-likeness (QED) is 0.0859. The molecule has 346 valence electrons. The Morgan fingerprint density at radius 3 is 2.03 bits per heavy atom. The number of ether oxygens (including phenoxy) is 9. The third-order valence-electron chi connectivity index (χ3n) is 12.6. The Bertz CT molecular complexity index is 1320. The largest absolute Gasteiger partial charge is 0.459 e. The Hall–Kier alpha value is -1.58. The lowest BCUT2D eigenvalue weighted by molar-refractivity contribution is -0.317. The fraction of sp³-hybridized carbons (Fsp3) is 0.952. The van der Waals surface area contributed by atoms with Gasteiger partial charge in [-0.1, -0.05) is 32.9 Å². The fourth-order valence-electron chi connectivity index (χ4n) is 9.61. The molecule has 17 heteroatoms. The summed E-state index contributed by atoms with van der Waals surface area (Å²) in [7, 11) is 8.27. The van der Waals surface area contributed by atoms with Crippen LogP contribution < -0.4 is 0 Å². The number of nitrogens with zero attached hydrogens (tertiary/aromatic N) is 2. The molecule has 0 aliphatic carbocycles. The van der Waals surface area contributed by atoms with Gasteiger partial charge in [-0.15, -0.1) is 0 Å². The molecule has 0 radical (unpaired) electrons. The van der Waals surface area contributed by atoms with Crippen LogP contribution >= 0.6 is 0 Å². The lowest BCUT2D eigenvalue weighted by Crippen LogP contribution is -2.61. The summed E-state index contributed by atoms with van der Waals surface area (Å²) in [6, 6.07) is -0.317. The highest BCUT2D eigenvalue weighted by Crippen LogP contribution is 2.41. The molecule has 0 amide bonds. The second-order valence-corrected chi connectivity index (χ2v) is 18.0. The summed E-state index contributed by atoms with van der Waals surface area (Å²) >= 11 is 0. The van der Waals surface area contributed by atoms with Crippen molar-refractivity contribution in [3.05, 3.63) is 0 Å². The van der Waals surface area contributed by atoms with Gasteiger partial charge in [0.1, 0.15) is 23.9 Å². The van der Waals surface area contributed by atoms with Gasteiger partial charge in [-0.05, 0) is 74.9 Å². The molecular formula is C42H78N2O15. The van der Waals surface area contributed by atoms with Crippen LogP contribution in [0.5, 0.6) is 0 Å². The van der Waals surface area contributed by atoms with E-state index in [9.17, 15) is 25.2 Å². The Labute approximate surface area is 352 Å². The minimum Gasteiger partial charge on any atom is -0.459 e. The van der Waals surface area contributed by atoms with Crippen molar-refractivity contribution in [3.63, 3.8) is 0 Å². The maximum Gasteiger partial charge on any atom is 0.311 e. The molecule has 0 aromatic heterocycles. The Balaban J connectivity index is 2.24. The SMILES string of the molecule is CC[C@H]1OC(=O)[C@H](C)[C@@H](O[C@H]2C[C@@](C)(O)[C@@H](OC)[C@H](C)O2)[C@H](C)[C@@H](O[C@@H]2O[C@H](C)C[C@H](N(C)C)[C@H]2O)[C@](C)(O)C[C@@H](C)/C(=N\OCOCCOC)[C@H](C)[C@@H](OC)[C@]1(C)O. The minimum atomic E-state index is -1.74. The molecule has 0 unspecified atom stereocenters. The number of rotatable bonds is 14. The molecule has 3 rings (SSSR count). The fourth-order valence-corrected chi connectivity index (χ4v) is 9.61. The molecular weight excluding hydrogens is 772 g/mol. The van der Waals surface area contributed by atoms with Gasteiger partial charge in [0.15, 0.2) is 12.6 Å². The van der Waals surface area contributed by atoms with Crippen LogP contribution in [-0.4, -0.2) is 177 Å². The molecule has 3 aliphatic heterocycles. The van der Waals surface area contributed by atoms with E-state index in [1.165, 1.54) is 14.2 Å². The van der Waals surface area contributed by atoms with Crippen LogP contribution in [0, 0.1) is 23.7 Å². The first-order valence-corrected chi connectivity index (χ1v) is 21.1. The van der Waals surface area contributed by atoms with Crippen LogP contribution in [0.25, 0.3) is 0 Å². The first-order chi connectivity index (χ1) is 27.5. The number of aliphatic hydroxyl groups excluding tert-OH is 1. The van der Waals surface area contributed by atoms with E-state index in [2.05, 4.69) is 5.16 Å². The van der Waals surface area contributed by atoms with Crippen LogP contribution in [0.1, 0.15) is 94.9 Å². The van der Waals surface area contributed by atoms with E-state index in [1.807, 2.05) is 39.8 Å². The molecule has 3 heterocycles. The molecule has 0 spiro atoms. The highest BCUT2D eigenvalue weighted by atomic mass is 16.7. The van der Waals surface area contributed by atoms with Crippen LogP contribution in [0.15, 0.2) is 5.16 Å². The van der Waals surface area contributed by atoms with Crippen LogP contribution in [0.4, 0.5) is 0 Å². The Morgan fingerprint density at radius 1 is 0.847 bits per heavy atom. The van der Waals surface area contributed by atoms with E-state index in [4.69, 9.17) is 47.5 Å². The molecule has 0 aromatic rings. The zero-order valence-corrected chi connectivity index (χ0v) is 38.3. The van der Waals surface area contributed by atoms with Crippen molar-refractivity contribution in [2.24, 2.45) is 28.8 Å². The number of methoxy groups -OCH3 is 3. The van der Waals surface area contributed by atoms with Gasteiger partial charge in [-0.3, -0.25) is 4.79 Å². The summed E-state index contributed by atoms with van der Waals surface area (Å²) in [5.74, 6) is -3.73. The third kappa shape index (κ3) is 12.8. The summed E-state index contributed by atoms with van der Waals surface area (Å²) in [4.78, 5) is 22.0. The average Bonchev–Trinajstić information content (AvgIpc) is 3.13. The standard InChI is InChI=1S/C42H78N2O15/c1-16-30-42(10,49)36(51-14)25(4)32(43-54-22-53-18-17-50-13)23(2)20-40(8,47)35(59-39-33(45)29(44(11)12)19-24(3)55-39)26(5)34(27(6)38(46)57-30)58-31-21-41(9,48)37(52-15)28(7)56-31/h23-31,33-37,39,45,47-49H,16-22H2,1-15H3/b43-32+/t23-,24-,25+,26+,27-,28+,29+,30-,31+,33-,34+,35-,36-,37+,39+,40-,41-,42-/m1/s1. The van der Waals surface area contributed by atoms with Crippen molar-refractivity contribution >= 4 is 11.7 Å². The summed E-state index contributed by atoms with van der Waals surface area (Å²) in [6.45, 7) is 17.9. The van der Waals surface area contributed by atoms with Crippen molar-refractivity contribution < 1.29 is 72.7 Å². The van der Waals surface area contributed by atoms with E-state index in [1.54, 1.807) is 55.6 Å². The van der Waals surface area contributed by atoms with Crippen LogP contribution in [0.3, 0.4) is 0 Å². The lowest BCUT2D eigenvalue weighted by Gasteiger charge is -2.49. The van der Waals surface area contributed by atoms with E-state index in [-0.39, 0.29) is 44.8 Å². The monoisotopic (exact) mass is 851 g/mol. The normalized spacial score (nSPS) is 45.3. The van der Waals surface area contributed by atoms with Gasteiger partial charge < -0.3 is 72.8 Å². The topological polar surface area (TPSA) is 206 Å². The van der Waals surface area contributed by atoms with Crippen molar-refractivity contribution in [3.8, 4) is 0 Å². The molecule has 3 aliphatic rings. The molecule has 0 aromatic carbocycles. The van der Waals surface area contributed by atoms with Crippen LogP contribution in [0.2, 0.25) is 0 Å². The van der Waals surface area contributed by atoms with Crippen molar-refractivity contribution in [1.82, 2.24) is 4.90 Å². The number of cyclic esters (lactones) is 1. The molecule has 3 saturated heterocycles. The molecule has 0 bridgehead atoms. The van der Waals surface area contributed by atoms with Crippen LogP contribution in [-0.2, 0) is 52.3 Å². The molecule has 3 fully saturated rings.